The standard InChI is InChI=1S/C27H23ClF3N3O3/c28-21-14-22-24(34-26(32-22)37-20-6-2-3-17(11-12-20)25(35)36)33-23(21)16-9-7-15(8-10-16)18-4-1-5-19(13-18)27(29,30)31/h1,4-5,7-10,13-14,17,20H,2-3,6,11-12H2,(H,35,36)(H,32,33,34). The molecular weight excluding hydrogens is 507 g/mol. The molecule has 0 aliphatic heterocycles. The van der Waals surface area contributed by atoms with Crippen molar-refractivity contribution in [2.75, 3.05) is 0 Å². The van der Waals surface area contributed by atoms with Crippen molar-refractivity contribution in [1.82, 2.24) is 15.0 Å². The minimum absolute atomic E-state index is 0.136. The monoisotopic (exact) mass is 529 g/mol. The number of aromatic nitrogens is 3. The molecule has 1 aliphatic carbocycles. The van der Waals surface area contributed by atoms with Gasteiger partial charge in [-0.05, 0) is 61.4 Å². The van der Waals surface area contributed by atoms with Gasteiger partial charge in [0.15, 0.2) is 5.65 Å². The number of fused-ring (bicyclic) bond motifs is 1. The molecule has 37 heavy (non-hydrogen) atoms. The van der Waals surface area contributed by atoms with E-state index in [4.69, 9.17) is 16.3 Å². The molecule has 6 nitrogen and oxygen atoms in total. The summed E-state index contributed by atoms with van der Waals surface area (Å²) in [5.41, 5.74) is 2.58. The van der Waals surface area contributed by atoms with Gasteiger partial charge >= 0.3 is 12.1 Å². The number of pyridine rings is 1. The van der Waals surface area contributed by atoms with Crippen molar-refractivity contribution < 1.29 is 27.8 Å². The fraction of sp³-hybridized carbons (Fsp3) is 0.296. The minimum atomic E-state index is -4.41. The maximum atomic E-state index is 13.1. The molecule has 0 amide bonds. The van der Waals surface area contributed by atoms with Gasteiger partial charge < -0.3 is 14.8 Å². The number of carboxylic acid groups (broad SMARTS) is 1. The van der Waals surface area contributed by atoms with Crippen molar-refractivity contribution >= 4 is 28.7 Å². The third-order valence-electron chi connectivity index (χ3n) is 6.63. The number of halogens is 4. The van der Waals surface area contributed by atoms with Gasteiger partial charge in [-0.1, -0.05) is 48.0 Å². The van der Waals surface area contributed by atoms with Gasteiger partial charge in [0.05, 0.1) is 27.7 Å². The number of ether oxygens (including phenoxy) is 1. The number of alkyl halides is 3. The SMILES string of the molecule is O=C(O)C1CCCC(Oc2nc3nc(-c4ccc(-c5cccc(C(F)(F)F)c5)cc4)c(Cl)cc3[nH]2)CC1. The number of hydrogen-bond acceptors (Lipinski definition) is 4. The van der Waals surface area contributed by atoms with E-state index in [1.165, 1.54) is 6.07 Å². The lowest BCUT2D eigenvalue weighted by Gasteiger charge is -2.14. The van der Waals surface area contributed by atoms with Gasteiger partial charge in [0.1, 0.15) is 6.10 Å². The van der Waals surface area contributed by atoms with E-state index in [2.05, 4.69) is 15.0 Å². The number of imidazole rings is 1. The topological polar surface area (TPSA) is 88.1 Å². The Bertz CT molecular complexity index is 1440. The number of benzene rings is 2. The Morgan fingerprint density at radius 2 is 1.73 bits per heavy atom. The number of carbonyl (C=O) groups is 1. The molecular formula is C27H23ClF3N3O3. The third-order valence-corrected chi connectivity index (χ3v) is 6.92. The molecule has 2 N–H and O–H groups in total. The Morgan fingerprint density at radius 3 is 2.46 bits per heavy atom. The second-order valence-corrected chi connectivity index (χ2v) is 9.58. The highest BCUT2D eigenvalue weighted by atomic mass is 35.5. The largest absolute Gasteiger partial charge is 0.481 e. The second kappa shape index (κ2) is 10.0. The van der Waals surface area contributed by atoms with E-state index in [1.54, 1.807) is 36.4 Å². The Balaban J connectivity index is 1.35. The fourth-order valence-corrected chi connectivity index (χ4v) is 4.90. The van der Waals surface area contributed by atoms with Crippen molar-refractivity contribution in [3.63, 3.8) is 0 Å². The van der Waals surface area contributed by atoms with Crippen LogP contribution >= 0.6 is 11.6 Å². The fourth-order valence-electron chi connectivity index (χ4n) is 4.64. The van der Waals surface area contributed by atoms with Crippen LogP contribution in [0.2, 0.25) is 5.02 Å². The van der Waals surface area contributed by atoms with Crippen molar-refractivity contribution in [3.05, 3.63) is 65.2 Å². The van der Waals surface area contributed by atoms with Crippen LogP contribution in [0.25, 0.3) is 33.5 Å². The molecule has 0 spiro atoms. The normalized spacial score (nSPS) is 18.5. The first kappa shape index (κ1) is 25.1. The Morgan fingerprint density at radius 1 is 0.973 bits per heavy atom. The van der Waals surface area contributed by atoms with E-state index in [9.17, 15) is 23.1 Å². The van der Waals surface area contributed by atoms with Crippen LogP contribution < -0.4 is 4.74 Å². The van der Waals surface area contributed by atoms with Crippen LogP contribution in [0, 0.1) is 5.92 Å². The smallest absolute Gasteiger partial charge is 0.416 e. The van der Waals surface area contributed by atoms with Gasteiger partial charge in [-0.15, -0.1) is 0 Å². The number of carboxylic acids is 1. The first-order chi connectivity index (χ1) is 17.7. The average molecular weight is 530 g/mol. The van der Waals surface area contributed by atoms with Gasteiger partial charge in [-0.2, -0.15) is 18.2 Å². The number of nitrogens with zero attached hydrogens (tertiary/aromatic N) is 2. The highest BCUT2D eigenvalue weighted by molar-refractivity contribution is 6.33. The second-order valence-electron chi connectivity index (χ2n) is 9.17. The van der Waals surface area contributed by atoms with Crippen molar-refractivity contribution in [2.24, 2.45) is 5.92 Å². The molecule has 192 valence electrons. The summed E-state index contributed by atoms with van der Waals surface area (Å²) in [5, 5.41) is 9.66. The van der Waals surface area contributed by atoms with Gasteiger partial charge in [-0.25, -0.2) is 4.98 Å². The molecule has 0 radical (unpaired) electrons. The number of nitrogens with one attached hydrogen (secondary N) is 1. The van der Waals surface area contributed by atoms with E-state index in [-0.39, 0.29) is 12.0 Å². The van der Waals surface area contributed by atoms with Crippen LogP contribution in [0.3, 0.4) is 0 Å². The predicted molar refractivity (Wildman–Crippen MR) is 133 cm³/mol. The highest BCUT2D eigenvalue weighted by Crippen LogP contribution is 2.34. The zero-order valence-electron chi connectivity index (χ0n) is 19.6. The van der Waals surface area contributed by atoms with Crippen LogP contribution in [0.5, 0.6) is 6.01 Å². The Labute approximate surface area is 215 Å². The number of aromatic amines is 1. The lowest BCUT2D eigenvalue weighted by atomic mass is 10.0. The van der Waals surface area contributed by atoms with Crippen molar-refractivity contribution in [1.29, 1.82) is 0 Å². The minimum Gasteiger partial charge on any atom is -0.481 e. The van der Waals surface area contributed by atoms with Crippen LogP contribution in [0.15, 0.2) is 54.6 Å². The highest BCUT2D eigenvalue weighted by Gasteiger charge is 2.30. The first-order valence-corrected chi connectivity index (χ1v) is 12.3. The van der Waals surface area contributed by atoms with Crippen molar-refractivity contribution in [2.45, 2.75) is 44.4 Å². The van der Waals surface area contributed by atoms with Gasteiger partial charge in [0.25, 0.3) is 6.01 Å². The molecule has 1 saturated carbocycles. The molecule has 2 unspecified atom stereocenters. The average Bonchev–Trinajstić information content (AvgIpc) is 3.09. The van der Waals surface area contributed by atoms with Crippen molar-refractivity contribution in [3.8, 4) is 28.4 Å². The molecule has 1 aliphatic rings. The number of aliphatic carboxylic acids is 1. The van der Waals surface area contributed by atoms with E-state index in [0.29, 0.717) is 63.8 Å². The summed E-state index contributed by atoms with van der Waals surface area (Å²) in [6, 6.07) is 14.1. The first-order valence-electron chi connectivity index (χ1n) is 11.9. The third kappa shape index (κ3) is 5.56. The van der Waals surface area contributed by atoms with Gasteiger partial charge in [-0.3, -0.25) is 4.79 Å². The summed E-state index contributed by atoms with van der Waals surface area (Å²) in [6.45, 7) is 0. The molecule has 2 aromatic carbocycles. The number of H-pyrrole nitrogens is 1. The zero-order valence-corrected chi connectivity index (χ0v) is 20.3. The molecule has 0 bridgehead atoms. The van der Waals surface area contributed by atoms with E-state index < -0.39 is 17.7 Å². The van der Waals surface area contributed by atoms with E-state index in [0.717, 1.165) is 25.0 Å². The van der Waals surface area contributed by atoms with Gasteiger partial charge in [0, 0.05) is 5.56 Å². The molecule has 5 rings (SSSR count). The molecule has 2 heterocycles. The van der Waals surface area contributed by atoms with Gasteiger partial charge in [0.2, 0.25) is 0 Å². The molecule has 2 aromatic heterocycles. The summed E-state index contributed by atoms with van der Waals surface area (Å²) in [5.74, 6) is -1.11. The summed E-state index contributed by atoms with van der Waals surface area (Å²) >= 11 is 6.50. The molecule has 0 saturated heterocycles. The maximum Gasteiger partial charge on any atom is 0.416 e. The lowest BCUT2D eigenvalue weighted by Crippen LogP contribution is -2.17. The number of rotatable bonds is 5. The summed E-state index contributed by atoms with van der Waals surface area (Å²) < 4.78 is 45.2. The lowest BCUT2D eigenvalue weighted by molar-refractivity contribution is -0.142. The predicted octanol–water partition coefficient (Wildman–Crippen LogP) is 7.38. The maximum absolute atomic E-state index is 13.1. The van der Waals surface area contributed by atoms with E-state index >= 15 is 0 Å². The molecule has 4 aromatic rings. The van der Waals surface area contributed by atoms with Crippen LogP contribution in [0.1, 0.15) is 37.7 Å². The molecule has 1 fully saturated rings. The summed E-state index contributed by atoms with van der Waals surface area (Å²) in [7, 11) is 0. The van der Waals surface area contributed by atoms with E-state index in [1.807, 2.05) is 0 Å². The Kier molecular flexibility index (Phi) is 6.81. The summed E-state index contributed by atoms with van der Waals surface area (Å²) in [6.07, 6.45) is -1.20. The molecule has 2 atom stereocenters. The van der Waals surface area contributed by atoms with Crippen LogP contribution in [0.4, 0.5) is 13.2 Å². The zero-order chi connectivity index (χ0) is 26.2. The van der Waals surface area contributed by atoms with Crippen LogP contribution in [-0.2, 0) is 11.0 Å². The Hall–Kier alpha value is -3.59. The summed E-state index contributed by atoms with van der Waals surface area (Å²) in [4.78, 5) is 23.4. The number of hydrogen-bond donors (Lipinski definition) is 2. The quantitative estimate of drug-likeness (QED) is 0.263. The van der Waals surface area contributed by atoms with Crippen LogP contribution in [-0.4, -0.2) is 32.1 Å². The molecule has 10 heteroatoms.